The van der Waals surface area contributed by atoms with Crippen molar-refractivity contribution in [3.63, 3.8) is 0 Å². The fourth-order valence-electron chi connectivity index (χ4n) is 2.66. The third kappa shape index (κ3) is 3.37. The van der Waals surface area contributed by atoms with Gasteiger partial charge in [0.1, 0.15) is 11.6 Å². The smallest absolute Gasteiger partial charge is 0.225 e. The molecular weight excluding hydrogens is 304 g/mol. The van der Waals surface area contributed by atoms with Gasteiger partial charge in [-0.3, -0.25) is 4.79 Å². The molecule has 3 aromatic rings. The second-order valence-electron chi connectivity index (χ2n) is 5.77. The first-order chi connectivity index (χ1) is 11.5. The summed E-state index contributed by atoms with van der Waals surface area (Å²) in [5.41, 5.74) is 3.59. The number of hydrogen-bond acceptors (Lipinski definition) is 4. The highest BCUT2D eigenvalue weighted by Gasteiger charge is 2.14. The summed E-state index contributed by atoms with van der Waals surface area (Å²) in [6.07, 6.45) is 0.966. The van der Waals surface area contributed by atoms with Gasteiger partial charge in [-0.25, -0.2) is 4.68 Å². The normalized spacial score (nSPS) is 10.8. The number of rotatable bonds is 5. The lowest BCUT2D eigenvalue weighted by Gasteiger charge is -2.08. The zero-order chi connectivity index (χ0) is 17.1. The summed E-state index contributed by atoms with van der Waals surface area (Å²) in [5, 5.41) is 11.3. The number of aromatic nitrogens is 3. The molecule has 0 aliphatic carbocycles. The highest BCUT2D eigenvalue weighted by Crippen LogP contribution is 2.18. The van der Waals surface area contributed by atoms with Gasteiger partial charge in [-0.2, -0.15) is 5.10 Å². The van der Waals surface area contributed by atoms with E-state index in [1.807, 2.05) is 57.2 Å². The first-order valence-electron chi connectivity index (χ1n) is 7.88. The lowest BCUT2D eigenvalue weighted by Crippen LogP contribution is -2.15. The second kappa shape index (κ2) is 6.70. The zero-order valence-corrected chi connectivity index (χ0v) is 14.0. The second-order valence-corrected chi connectivity index (χ2v) is 5.77. The summed E-state index contributed by atoms with van der Waals surface area (Å²) in [7, 11) is 0. The molecule has 0 aliphatic heterocycles. The van der Waals surface area contributed by atoms with Crippen LogP contribution in [0.1, 0.15) is 29.1 Å². The molecule has 2 aromatic heterocycles. The minimum absolute atomic E-state index is 0.0629. The Balaban J connectivity index is 1.71. The Morgan fingerprint density at radius 1 is 1.21 bits per heavy atom. The van der Waals surface area contributed by atoms with Crippen molar-refractivity contribution in [2.45, 2.75) is 33.6 Å². The lowest BCUT2D eigenvalue weighted by molar-refractivity contribution is -0.116. The standard InChI is InChI=1S/C18H20N4O2/c1-12-11-17(22(20-12)15-7-5-4-6-8-15)19-18(23)10-9-16-13(2)21-24-14(16)3/h4-8,11H,9-10H2,1-3H3,(H,19,23). The first kappa shape index (κ1) is 16.0. The van der Waals surface area contributed by atoms with Crippen LogP contribution in [-0.4, -0.2) is 20.8 Å². The predicted molar refractivity (Wildman–Crippen MR) is 91.2 cm³/mol. The Kier molecular flexibility index (Phi) is 4.46. The fraction of sp³-hybridized carbons (Fsp3) is 0.278. The van der Waals surface area contributed by atoms with E-state index in [1.165, 1.54) is 0 Å². The molecule has 0 bridgehead atoms. The Morgan fingerprint density at radius 2 is 1.96 bits per heavy atom. The van der Waals surface area contributed by atoms with Crippen molar-refractivity contribution in [3.05, 3.63) is 59.1 Å². The highest BCUT2D eigenvalue weighted by atomic mass is 16.5. The van der Waals surface area contributed by atoms with E-state index < -0.39 is 0 Å². The maximum absolute atomic E-state index is 12.3. The Hall–Kier alpha value is -2.89. The highest BCUT2D eigenvalue weighted by molar-refractivity contribution is 5.90. The van der Waals surface area contributed by atoms with Crippen LogP contribution in [0.25, 0.3) is 5.69 Å². The van der Waals surface area contributed by atoms with E-state index >= 15 is 0 Å². The molecule has 0 saturated heterocycles. The number of nitrogens with zero attached hydrogens (tertiary/aromatic N) is 3. The van der Waals surface area contributed by atoms with Crippen LogP contribution in [0.5, 0.6) is 0 Å². The molecule has 0 atom stereocenters. The van der Waals surface area contributed by atoms with Gasteiger partial charge in [0.15, 0.2) is 0 Å². The van der Waals surface area contributed by atoms with Gasteiger partial charge in [0.2, 0.25) is 5.91 Å². The Bertz CT molecular complexity index is 830. The van der Waals surface area contributed by atoms with Crippen LogP contribution in [-0.2, 0) is 11.2 Å². The first-order valence-corrected chi connectivity index (χ1v) is 7.88. The number of anilines is 1. The van der Waals surface area contributed by atoms with E-state index in [-0.39, 0.29) is 5.91 Å². The van der Waals surface area contributed by atoms with Crippen LogP contribution in [0, 0.1) is 20.8 Å². The Morgan fingerprint density at radius 3 is 2.62 bits per heavy atom. The summed E-state index contributed by atoms with van der Waals surface area (Å²) >= 11 is 0. The van der Waals surface area contributed by atoms with Crippen molar-refractivity contribution in [2.75, 3.05) is 5.32 Å². The van der Waals surface area contributed by atoms with Crippen LogP contribution in [0.4, 0.5) is 5.82 Å². The van der Waals surface area contributed by atoms with Gasteiger partial charge >= 0.3 is 0 Å². The van der Waals surface area contributed by atoms with Gasteiger partial charge < -0.3 is 9.84 Å². The van der Waals surface area contributed by atoms with E-state index in [0.29, 0.717) is 18.7 Å². The van der Waals surface area contributed by atoms with Crippen LogP contribution in [0.3, 0.4) is 0 Å². The van der Waals surface area contributed by atoms with Crippen LogP contribution >= 0.6 is 0 Å². The molecule has 0 aliphatic rings. The quantitative estimate of drug-likeness (QED) is 0.781. The topological polar surface area (TPSA) is 73.0 Å². The molecule has 1 aromatic carbocycles. The third-order valence-corrected chi connectivity index (χ3v) is 3.88. The lowest BCUT2D eigenvalue weighted by atomic mass is 10.1. The van der Waals surface area contributed by atoms with E-state index in [9.17, 15) is 4.79 Å². The molecule has 0 spiro atoms. The minimum Gasteiger partial charge on any atom is -0.361 e. The van der Waals surface area contributed by atoms with Crippen LogP contribution < -0.4 is 5.32 Å². The third-order valence-electron chi connectivity index (χ3n) is 3.88. The van der Waals surface area contributed by atoms with E-state index in [1.54, 1.807) is 4.68 Å². The summed E-state index contributed by atoms with van der Waals surface area (Å²) in [6.45, 7) is 5.65. The molecule has 3 rings (SSSR count). The number of benzene rings is 1. The van der Waals surface area contributed by atoms with Crippen molar-refractivity contribution in [1.82, 2.24) is 14.9 Å². The fourth-order valence-corrected chi connectivity index (χ4v) is 2.66. The summed E-state index contributed by atoms with van der Waals surface area (Å²) in [4.78, 5) is 12.3. The van der Waals surface area contributed by atoms with Crippen LogP contribution in [0.15, 0.2) is 40.9 Å². The number of nitrogens with one attached hydrogen (secondary N) is 1. The van der Waals surface area contributed by atoms with Crippen molar-refractivity contribution in [1.29, 1.82) is 0 Å². The van der Waals surface area contributed by atoms with E-state index in [2.05, 4.69) is 15.6 Å². The molecule has 0 fully saturated rings. The molecule has 6 nitrogen and oxygen atoms in total. The monoisotopic (exact) mass is 324 g/mol. The van der Waals surface area contributed by atoms with Crippen molar-refractivity contribution >= 4 is 11.7 Å². The molecule has 6 heteroatoms. The molecule has 124 valence electrons. The van der Waals surface area contributed by atoms with Gasteiger partial charge in [-0.05, 0) is 39.3 Å². The van der Waals surface area contributed by atoms with Crippen molar-refractivity contribution in [3.8, 4) is 5.69 Å². The number of amides is 1. The van der Waals surface area contributed by atoms with Gasteiger partial charge in [0.25, 0.3) is 0 Å². The summed E-state index contributed by atoms with van der Waals surface area (Å²) < 4.78 is 6.87. The molecule has 1 N–H and O–H groups in total. The number of carbonyl (C=O) groups is 1. The molecule has 2 heterocycles. The maximum Gasteiger partial charge on any atom is 0.225 e. The number of aryl methyl sites for hydroxylation is 3. The van der Waals surface area contributed by atoms with Gasteiger partial charge in [0, 0.05) is 18.1 Å². The predicted octanol–water partition coefficient (Wildman–Crippen LogP) is 3.36. The van der Waals surface area contributed by atoms with E-state index in [4.69, 9.17) is 4.52 Å². The molecular formula is C18H20N4O2. The number of para-hydroxylation sites is 1. The molecule has 0 radical (unpaired) electrons. The Labute approximate surface area is 140 Å². The average Bonchev–Trinajstić information content (AvgIpc) is 3.09. The maximum atomic E-state index is 12.3. The SMILES string of the molecule is Cc1cc(NC(=O)CCc2c(C)noc2C)n(-c2ccccc2)n1. The summed E-state index contributed by atoms with van der Waals surface area (Å²) in [5.74, 6) is 1.38. The molecule has 0 saturated carbocycles. The number of carbonyl (C=O) groups excluding carboxylic acids is 1. The molecule has 24 heavy (non-hydrogen) atoms. The van der Waals surface area contributed by atoms with Gasteiger partial charge in [-0.1, -0.05) is 23.4 Å². The van der Waals surface area contributed by atoms with Crippen molar-refractivity contribution in [2.24, 2.45) is 0 Å². The minimum atomic E-state index is -0.0629. The van der Waals surface area contributed by atoms with Crippen LogP contribution in [0.2, 0.25) is 0 Å². The average molecular weight is 324 g/mol. The largest absolute Gasteiger partial charge is 0.361 e. The molecule has 1 amide bonds. The van der Waals surface area contributed by atoms with Crippen molar-refractivity contribution < 1.29 is 9.32 Å². The van der Waals surface area contributed by atoms with E-state index in [0.717, 1.165) is 28.4 Å². The summed E-state index contributed by atoms with van der Waals surface area (Å²) in [6, 6.07) is 11.6. The number of hydrogen-bond donors (Lipinski definition) is 1. The zero-order valence-electron chi connectivity index (χ0n) is 14.0. The van der Waals surface area contributed by atoms with Gasteiger partial charge in [-0.15, -0.1) is 0 Å². The van der Waals surface area contributed by atoms with Gasteiger partial charge in [0.05, 0.1) is 17.1 Å². The molecule has 0 unspecified atom stereocenters.